The standard InChI is InChI=1S/C17H18O5S/c18-16-9-8-13(12-15(16)17(19)20)22-10-4-5-11-23(21)14-6-2-1-3-7-14/h1-3,6-9,12,18H,4-5,10-11H2,(H,19,20). The van der Waals surface area contributed by atoms with Crippen molar-refractivity contribution in [3.8, 4) is 11.5 Å². The third-order valence-electron chi connectivity index (χ3n) is 3.20. The summed E-state index contributed by atoms with van der Waals surface area (Å²) >= 11 is -1.01. The van der Waals surface area contributed by atoms with Gasteiger partial charge in [0.05, 0.1) is 6.61 Å². The number of benzene rings is 2. The molecule has 2 rings (SSSR count). The molecule has 2 aromatic carbocycles. The molecule has 1 unspecified atom stereocenters. The maximum Gasteiger partial charge on any atom is 0.339 e. The number of hydrogen-bond acceptors (Lipinski definition) is 4. The van der Waals surface area contributed by atoms with Crippen LogP contribution in [0, 0.1) is 0 Å². The highest BCUT2D eigenvalue weighted by Gasteiger charge is 2.11. The Bertz CT molecular complexity index is 645. The fourth-order valence-electron chi connectivity index (χ4n) is 1.99. The number of carbonyl (C=O) groups is 1. The van der Waals surface area contributed by atoms with Crippen LogP contribution in [-0.4, -0.2) is 33.1 Å². The van der Waals surface area contributed by atoms with E-state index in [2.05, 4.69) is 0 Å². The van der Waals surface area contributed by atoms with E-state index in [0.29, 0.717) is 24.5 Å². The van der Waals surface area contributed by atoms with Gasteiger partial charge in [0.25, 0.3) is 0 Å². The van der Waals surface area contributed by atoms with Crippen molar-refractivity contribution in [1.82, 2.24) is 0 Å². The fourth-order valence-corrected chi connectivity index (χ4v) is 3.15. The first kappa shape index (κ1) is 17.2. The van der Waals surface area contributed by atoms with Gasteiger partial charge >= 0.3 is 5.97 Å². The molecular weight excluding hydrogens is 316 g/mol. The molecule has 0 aliphatic heterocycles. The summed E-state index contributed by atoms with van der Waals surface area (Å²) < 4.78 is 17.5. The minimum atomic E-state index is -1.20. The summed E-state index contributed by atoms with van der Waals surface area (Å²) in [6.45, 7) is 0.399. The van der Waals surface area contributed by atoms with Crippen molar-refractivity contribution in [3.05, 3.63) is 54.1 Å². The van der Waals surface area contributed by atoms with Gasteiger partial charge in [-0.25, -0.2) is 4.79 Å². The first-order valence-corrected chi connectivity index (χ1v) is 8.52. The minimum Gasteiger partial charge on any atom is -0.611 e. The molecule has 0 saturated heterocycles. The van der Waals surface area contributed by atoms with Crippen LogP contribution in [0.4, 0.5) is 0 Å². The highest BCUT2D eigenvalue weighted by molar-refractivity contribution is 7.91. The maximum absolute atomic E-state index is 12.0. The second-order valence-corrected chi connectivity index (χ2v) is 6.47. The van der Waals surface area contributed by atoms with Crippen LogP contribution in [0.1, 0.15) is 23.2 Å². The number of phenols is 1. The highest BCUT2D eigenvalue weighted by atomic mass is 32.2. The van der Waals surface area contributed by atoms with Crippen LogP contribution in [0.25, 0.3) is 0 Å². The number of aromatic hydroxyl groups is 1. The largest absolute Gasteiger partial charge is 0.611 e. The first-order chi connectivity index (χ1) is 11.1. The number of carboxylic acids is 1. The van der Waals surface area contributed by atoms with Gasteiger partial charge in [-0.1, -0.05) is 18.2 Å². The van der Waals surface area contributed by atoms with E-state index >= 15 is 0 Å². The third kappa shape index (κ3) is 5.19. The zero-order valence-corrected chi connectivity index (χ0v) is 13.3. The van der Waals surface area contributed by atoms with Gasteiger partial charge in [0, 0.05) is 0 Å². The number of rotatable bonds is 8. The number of unbranched alkanes of at least 4 members (excludes halogenated alkanes) is 1. The molecule has 0 heterocycles. The van der Waals surface area contributed by atoms with Crippen molar-refractivity contribution in [2.75, 3.05) is 12.4 Å². The lowest BCUT2D eigenvalue weighted by atomic mass is 10.2. The molecule has 0 fully saturated rings. The summed E-state index contributed by atoms with van der Waals surface area (Å²) in [7, 11) is 0. The molecule has 6 heteroatoms. The van der Waals surface area contributed by atoms with Crippen molar-refractivity contribution in [3.63, 3.8) is 0 Å². The number of ether oxygens (including phenoxy) is 1. The monoisotopic (exact) mass is 334 g/mol. The van der Waals surface area contributed by atoms with Gasteiger partial charge in [-0.2, -0.15) is 0 Å². The molecular formula is C17H18O5S. The van der Waals surface area contributed by atoms with Crippen LogP contribution in [-0.2, 0) is 11.2 Å². The summed E-state index contributed by atoms with van der Waals surface area (Å²) in [4.78, 5) is 11.7. The van der Waals surface area contributed by atoms with Gasteiger partial charge in [0.1, 0.15) is 22.8 Å². The first-order valence-electron chi connectivity index (χ1n) is 7.20. The lowest BCUT2D eigenvalue weighted by Crippen LogP contribution is -2.08. The van der Waals surface area contributed by atoms with Crippen LogP contribution in [0.3, 0.4) is 0 Å². The van der Waals surface area contributed by atoms with E-state index in [4.69, 9.17) is 9.84 Å². The highest BCUT2D eigenvalue weighted by Crippen LogP contribution is 2.23. The van der Waals surface area contributed by atoms with Crippen LogP contribution in [0.2, 0.25) is 0 Å². The predicted molar refractivity (Wildman–Crippen MR) is 87.5 cm³/mol. The molecule has 5 nitrogen and oxygen atoms in total. The molecule has 0 aliphatic rings. The van der Waals surface area contributed by atoms with Gasteiger partial charge in [-0.05, 0) is 54.3 Å². The number of carboxylic acid groups (broad SMARTS) is 1. The van der Waals surface area contributed by atoms with E-state index in [1.54, 1.807) is 0 Å². The molecule has 1 atom stereocenters. The Hall–Kier alpha value is -2.18. The summed E-state index contributed by atoms with van der Waals surface area (Å²) in [6, 6.07) is 13.4. The molecule has 23 heavy (non-hydrogen) atoms. The molecule has 0 bridgehead atoms. The van der Waals surface area contributed by atoms with Crippen molar-refractivity contribution in [2.45, 2.75) is 17.7 Å². The molecule has 122 valence electrons. The normalized spacial score (nSPS) is 11.9. The average molecular weight is 334 g/mol. The molecule has 0 saturated carbocycles. The van der Waals surface area contributed by atoms with E-state index in [9.17, 15) is 14.5 Å². The number of hydrogen-bond donors (Lipinski definition) is 2. The lowest BCUT2D eigenvalue weighted by Gasteiger charge is -2.11. The van der Waals surface area contributed by atoms with Crippen molar-refractivity contribution < 1.29 is 24.3 Å². The predicted octanol–water partition coefficient (Wildman–Crippen LogP) is 3.06. The zero-order valence-electron chi connectivity index (χ0n) is 12.5. The lowest BCUT2D eigenvalue weighted by molar-refractivity contribution is 0.0693. The second-order valence-electron chi connectivity index (χ2n) is 4.90. The molecule has 2 aromatic rings. The van der Waals surface area contributed by atoms with Crippen LogP contribution in [0.5, 0.6) is 11.5 Å². The third-order valence-corrected chi connectivity index (χ3v) is 4.65. The molecule has 0 spiro atoms. The smallest absolute Gasteiger partial charge is 0.339 e. The maximum atomic E-state index is 12.0. The van der Waals surface area contributed by atoms with E-state index < -0.39 is 17.1 Å². The Kier molecular flexibility index (Phi) is 6.31. The Labute approximate surface area is 137 Å². The van der Waals surface area contributed by atoms with Gasteiger partial charge in [0.15, 0.2) is 4.90 Å². The van der Waals surface area contributed by atoms with Gasteiger partial charge < -0.3 is 19.5 Å². The van der Waals surface area contributed by atoms with E-state index in [0.717, 1.165) is 11.3 Å². The Morgan fingerprint density at radius 1 is 1.13 bits per heavy atom. The molecule has 0 radical (unpaired) electrons. The van der Waals surface area contributed by atoms with Crippen LogP contribution < -0.4 is 4.74 Å². The summed E-state index contributed by atoms with van der Waals surface area (Å²) in [5, 5.41) is 18.3. The van der Waals surface area contributed by atoms with E-state index in [-0.39, 0.29) is 11.3 Å². The second kappa shape index (κ2) is 8.45. The van der Waals surface area contributed by atoms with Gasteiger partial charge in [0.2, 0.25) is 0 Å². The topological polar surface area (TPSA) is 89.8 Å². The van der Waals surface area contributed by atoms with Crippen molar-refractivity contribution >= 4 is 17.1 Å². The average Bonchev–Trinajstić information content (AvgIpc) is 2.56. The summed E-state index contributed by atoms with van der Waals surface area (Å²) in [5.41, 5.74) is -0.187. The zero-order chi connectivity index (χ0) is 16.7. The summed E-state index contributed by atoms with van der Waals surface area (Å²) in [6.07, 6.45) is 1.45. The van der Waals surface area contributed by atoms with Gasteiger partial charge in [-0.15, -0.1) is 0 Å². The van der Waals surface area contributed by atoms with Crippen LogP contribution >= 0.6 is 0 Å². The Morgan fingerprint density at radius 3 is 2.57 bits per heavy atom. The molecule has 0 aromatic heterocycles. The van der Waals surface area contributed by atoms with E-state index in [1.807, 2.05) is 30.3 Å². The van der Waals surface area contributed by atoms with Crippen LogP contribution in [0.15, 0.2) is 53.4 Å². The summed E-state index contributed by atoms with van der Waals surface area (Å²) in [5.74, 6) is -0.540. The van der Waals surface area contributed by atoms with E-state index in [1.165, 1.54) is 18.2 Å². The number of aromatic carboxylic acids is 1. The SMILES string of the molecule is O=C(O)c1cc(OCCCC[S+]([O-])c2ccccc2)ccc1O. The van der Waals surface area contributed by atoms with Crippen molar-refractivity contribution in [1.29, 1.82) is 0 Å². The molecule has 2 N–H and O–H groups in total. The molecule has 0 amide bonds. The minimum absolute atomic E-state index is 0.187. The fraction of sp³-hybridized carbons (Fsp3) is 0.235. The molecule has 0 aliphatic carbocycles. The van der Waals surface area contributed by atoms with Gasteiger partial charge in [-0.3, -0.25) is 0 Å². The Balaban J connectivity index is 1.73. The Morgan fingerprint density at radius 2 is 1.87 bits per heavy atom. The van der Waals surface area contributed by atoms with Crippen molar-refractivity contribution in [2.24, 2.45) is 0 Å². The quantitative estimate of drug-likeness (QED) is 0.572.